The average Bonchev–Trinajstić information content (AvgIpc) is 2.59. The van der Waals surface area contributed by atoms with Gasteiger partial charge in [0, 0.05) is 6.61 Å². The fourth-order valence-corrected chi connectivity index (χ4v) is 1.77. The Balaban J connectivity index is 1.67. The van der Waals surface area contributed by atoms with Gasteiger partial charge in [-0.1, -0.05) is 30.3 Å². The first-order chi connectivity index (χ1) is 7.95. The summed E-state index contributed by atoms with van der Waals surface area (Å²) in [5, 5.41) is 3.42. The molecule has 1 atom stereocenters. The first kappa shape index (κ1) is 11.6. The molecule has 1 N–H and O–H groups in total. The topological polar surface area (TPSA) is 30.5 Å². The Labute approximate surface area is 96.8 Å². The van der Waals surface area contributed by atoms with Gasteiger partial charge in [-0.3, -0.25) is 0 Å². The summed E-state index contributed by atoms with van der Waals surface area (Å²) in [6, 6.07) is 10.6. The number of hydrogen-bond donors (Lipinski definition) is 1. The molecule has 0 aromatic heterocycles. The number of rotatable bonds is 4. The minimum absolute atomic E-state index is 0.339. The monoisotopic (exact) mass is 221 g/mol. The van der Waals surface area contributed by atoms with Crippen LogP contribution >= 0.6 is 0 Å². The van der Waals surface area contributed by atoms with Crippen LogP contribution in [-0.2, 0) is 16.1 Å². The van der Waals surface area contributed by atoms with Gasteiger partial charge in [0.2, 0.25) is 0 Å². The van der Waals surface area contributed by atoms with E-state index in [0.717, 1.165) is 32.8 Å². The Morgan fingerprint density at radius 2 is 2.19 bits per heavy atom. The van der Waals surface area contributed by atoms with Crippen LogP contribution in [-0.4, -0.2) is 32.4 Å². The van der Waals surface area contributed by atoms with Crippen LogP contribution in [0.15, 0.2) is 30.3 Å². The summed E-state index contributed by atoms with van der Waals surface area (Å²) in [6.45, 7) is 4.05. The van der Waals surface area contributed by atoms with E-state index in [4.69, 9.17) is 9.47 Å². The second-order valence-corrected chi connectivity index (χ2v) is 4.08. The van der Waals surface area contributed by atoms with Gasteiger partial charge in [-0.05, 0) is 18.5 Å². The van der Waals surface area contributed by atoms with Crippen molar-refractivity contribution in [2.75, 3.05) is 26.4 Å². The van der Waals surface area contributed by atoms with E-state index < -0.39 is 0 Å². The molecular weight excluding hydrogens is 202 g/mol. The van der Waals surface area contributed by atoms with Crippen molar-refractivity contribution in [3.63, 3.8) is 0 Å². The van der Waals surface area contributed by atoms with Crippen molar-refractivity contribution in [3.8, 4) is 0 Å². The molecule has 16 heavy (non-hydrogen) atoms. The van der Waals surface area contributed by atoms with Crippen molar-refractivity contribution in [2.24, 2.45) is 0 Å². The molecule has 3 nitrogen and oxygen atoms in total. The van der Waals surface area contributed by atoms with E-state index in [1.807, 2.05) is 18.2 Å². The fourth-order valence-electron chi connectivity index (χ4n) is 1.77. The van der Waals surface area contributed by atoms with Crippen molar-refractivity contribution in [1.29, 1.82) is 0 Å². The zero-order chi connectivity index (χ0) is 11.1. The molecule has 0 spiro atoms. The summed E-state index contributed by atoms with van der Waals surface area (Å²) in [7, 11) is 0. The molecule has 0 aliphatic carbocycles. The number of ether oxygens (including phenoxy) is 2. The molecule has 1 heterocycles. The molecule has 1 saturated heterocycles. The second-order valence-electron chi connectivity index (χ2n) is 4.08. The molecule has 3 heteroatoms. The van der Waals surface area contributed by atoms with Crippen LogP contribution in [0.4, 0.5) is 0 Å². The van der Waals surface area contributed by atoms with E-state index in [0.29, 0.717) is 12.6 Å². The maximum absolute atomic E-state index is 5.67. The first-order valence-electron chi connectivity index (χ1n) is 5.88. The summed E-state index contributed by atoms with van der Waals surface area (Å²) >= 11 is 0. The van der Waals surface area contributed by atoms with Gasteiger partial charge in [0.1, 0.15) is 0 Å². The Kier molecular flexibility index (Phi) is 4.80. The highest BCUT2D eigenvalue weighted by Crippen LogP contribution is 2.02. The first-order valence-corrected chi connectivity index (χ1v) is 5.88. The standard InChI is InChI=1S/C13H19NO2/c1-2-5-12(6-3-1)9-16-11-13-10-15-8-4-7-14-13/h1-3,5-6,13-14H,4,7-11H2. The highest BCUT2D eigenvalue weighted by molar-refractivity contribution is 5.13. The minimum atomic E-state index is 0.339. The summed E-state index contributed by atoms with van der Waals surface area (Å²) < 4.78 is 11.1. The highest BCUT2D eigenvalue weighted by atomic mass is 16.5. The molecule has 1 fully saturated rings. The van der Waals surface area contributed by atoms with E-state index in [1.54, 1.807) is 0 Å². The Morgan fingerprint density at radius 1 is 1.31 bits per heavy atom. The van der Waals surface area contributed by atoms with Gasteiger partial charge in [-0.25, -0.2) is 0 Å². The van der Waals surface area contributed by atoms with Crippen molar-refractivity contribution in [2.45, 2.75) is 19.1 Å². The lowest BCUT2D eigenvalue weighted by Gasteiger charge is -2.15. The largest absolute Gasteiger partial charge is 0.380 e. The molecule has 1 aliphatic rings. The SMILES string of the molecule is c1ccc(COCC2COCCCN2)cc1. The zero-order valence-electron chi connectivity index (χ0n) is 9.52. The number of hydrogen-bond acceptors (Lipinski definition) is 3. The van der Waals surface area contributed by atoms with Crippen molar-refractivity contribution in [3.05, 3.63) is 35.9 Å². The molecule has 1 aromatic rings. The molecule has 1 unspecified atom stereocenters. The van der Waals surface area contributed by atoms with Crippen LogP contribution in [0.25, 0.3) is 0 Å². The zero-order valence-corrected chi connectivity index (χ0v) is 9.52. The lowest BCUT2D eigenvalue weighted by molar-refractivity contribution is 0.0622. The predicted octanol–water partition coefficient (Wildman–Crippen LogP) is 1.58. The fraction of sp³-hybridized carbons (Fsp3) is 0.538. The lowest BCUT2D eigenvalue weighted by Crippen LogP contribution is -2.35. The van der Waals surface area contributed by atoms with Crippen molar-refractivity contribution < 1.29 is 9.47 Å². The predicted molar refractivity (Wildman–Crippen MR) is 63.3 cm³/mol. The van der Waals surface area contributed by atoms with Gasteiger partial charge in [0.25, 0.3) is 0 Å². The van der Waals surface area contributed by atoms with Gasteiger partial charge in [0.05, 0.1) is 25.9 Å². The maximum atomic E-state index is 5.67. The van der Waals surface area contributed by atoms with E-state index in [9.17, 15) is 0 Å². The van der Waals surface area contributed by atoms with E-state index in [1.165, 1.54) is 5.56 Å². The molecule has 2 rings (SSSR count). The Bertz CT molecular complexity index is 281. The summed E-state index contributed by atoms with van der Waals surface area (Å²) in [5.41, 5.74) is 1.22. The van der Waals surface area contributed by atoms with Crippen LogP contribution in [0.3, 0.4) is 0 Å². The van der Waals surface area contributed by atoms with Crippen LogP contribution in [0, 0.1) is 0 Å². The lowest BCUT2D eigenvalue weighted by atomic mass is 10.2. The van der Waals surface area contributed by atoms with E-state index >= 15 is 0 Å². The van der Waals surface area contributed by atoms with E-state index in [-0.39, 0.29) is 0 Å². The van der Waals surface area contributed by atoms with Gasteiger partial charge in [0.15, 0.2) is 0 Å². The molecule has 0 amide bonds. The third kappa shape index (κ3) is 3.93. The van der Waals surface area contributed by atoms with E-state index in [2.05, 4.69) is 17.4 Å². The van der Waals surface area contributed by atoms with Crippen LogP contribution < -0.4 is 5.32 Å². The molecule has 1 aliphatic heterocycles. The number of benzene rings is 1. The highest BCUT2D eigenvalue weighted by Gasteiger charge is 2.11. The third-order valence-electron chi connectivity index (χ3n) is 2.65. The van der Waals surface area contributed by atoms with Gasteiger partial charge >= 0.3 is 0 Å². The van der Waals surface area contributed by atoms with Crippen LogP contribution in [0.1, 0.15) is 12.0 Å². The third-order valence-corrected chi connectivity index (χ3v) is 2.65. The van der Waals surface area contributed by atoms with Crippen molar-refractivity contribution >= 4 is 0 Å². The Hall–Kier alpha value is -0.900. The summed E-state index contributed by atoms with van der Waals surface area (Å²) in [5.74, 6) is 0. The van der Waals surface area contributed by atoms with Crippen LogP contribution in [0.5, 0.6) is 0 Å². The van der Waals surface area contributed by atoms with Gasteiger partial charge in [-0.2, -0.15) is 0 Å². The van der Waals surface area contributed by atoms with Crippen molar-refractivity contribution in [1.82, 2.24) is 5.32 Å². The summed E-state index contributed by atoms with van der Waals surface area (Å²) in [4.78, 5) is 0. The molecule has 0 saturated carbocycles. The molecule has 88 valence electrons. The van der Waals surface area contributed by atoms with Gasteiger partial charge < -0.3 is 14.8 Å². The second kappa shape index (κ2) is 6.63. The smallest absolute Gasteiger partial charge is 0.0717 e. The normalized spacial score (nSPS) is 21.6. The average molecular weight is 221 g/mol. The maximum Gasteiger partial charge on any atom is 0.0717 e. The van der Waals surface area contributed by atoms with Gasteiger partial charge in [-0.15, -0.1) is 0 Å². The van der Waals surface area contributed by atoms with Crippen LogP contribution in [0.2, 0.25) is 0 Å². The number of nitrogens with one attached hydrogen (secondary N) is 1. The minimum Gasteiger partial charge on any atom is -0.380 e. The Morgan fingerprint density at radius 3 is 3.06 bits per heavy atom. The quantitative estimate of drug-likeness (QED) is 0.837. The molecule has 1 aromatic carbocycles. The molecule has 0 bridgehead atoms. The summed E-state index contributed by atoms with van der Waals surface area (Å²) in [6.07, 6.45) is 1.09. The molecular formula is C13H19NO2. The molecule has 0 radical (unpaired) electrons.